The summed E-state index contributed by atoms with van der Waals surface area (Å²) in [6.07, 6.45) is 0. The summed E-state index contributed by atoms with van der Waals surface area (Å²) in [4.78, 5) is 17.5. The monoisotopic (exact) mass is 429 g/mol. The van der Waals surface area contributed by atoms with Gasteiger partial charge in [-0.3, -0.25) is 9.69 Å². The van der Waals surface area contributed by atoms with Crippen molar-refractivity contribution in [3.63, 3.8) is 0 Å². The van der Waals surface area contributed by atoms with Crippen LogP contribution in [-0.4, -0.2) is 68.8 Å². The molecule has 2 fully saturated rings. The molecule has 0 unspecified atom stereocenters. The zero-order valence-electron chi connectivity index (χ0n) is 17.8. The highest BCUT2D eigenvalue weighted by molar-refractivity contribution is 5.95. The molecule has 2 heterocycles. The molecule has 2 aromatic carbocycles. The molecule has 2 aliphatic heterocycles. The van der Waals surface area contributed by atoms with E-state index in [0.29, 0.717) is 54.7 Å². The second-order valence-corrected chi connectivity index (χ2v) is 8.17. The quantitative estimate of drug-likeness (QED) is 0.787. The van der Waals surface area contributed by atoms with Gasteiger partial charge in [-0.15, -0.1) is 0 Å². The molecule has 2 aromatic rings. The number of carbonyl (C=O) groups is 1. The lowest BCUT2D eigenvalue weighted by Crippen LogP contribution is -2.44. The summed E-state index contributed by atoms with van der Waals surface area (Å²) >= 11 is 0. The number of amides is 1. The van der Waals surface area contributed by atoms with Crippen molar-refractivity contribution >= 4 is 5.91 Å². The summed E-state index contributed by atoms with van der Waals surface area (Å²) in [5.41, 5.74) is 6.74. The number of rotatable bonds is 5. The summed E-state index contributed by atoms with van der Waals surface area (Å²) in [6, 6.07) is 9.55. The molecule has 0 aromatic heterocycles. The van der Waals surface area contributed by atoms with E-state index in [1.54, 1.807) is 24.3 Å². The number of methoxy groups -OCH3 is 1. The van der Waals surface area contributed by atoms with Crippen LogP contribution in [0.15, 0.2) is 36.4 Å². The molecular weight excluding hydrogens is 401 g/mol. The standard InChI is InChI=1S/C23H28FN3O4/c1-26-10-16-11-27(12-19(26)14-30-13-16)23(28)17-3-4-21(29-2)22(7-17)31-20-6-15(9-25)5-18(24)8-20/h3-8,16,19H,9-14,25H2,1-2H3/t16-,19+/m1/s1. The van der Waals surface area contributed by atoms with E-state index in [2.05, 4.69) is 11.9 Å². The minimum atomic E-state index is -0.438. The normalized spacial score (nSPS) is 21.5. The number of hydrogen-bond acceptors (Lipinski definition) is 6. The van der Waals surface area contributed by atoms with Crippen LogP contribution in [0.4, 0.5) is 4.39 Å². The fraction of sp³-hybridized carbons (Fsp3) is 0.435. The molecule has 0 spiro atoms. The van der Waals surface area contributed by atoms with Crippen molar-refractivity contribution in [1.29, 1.82) is 0 Å². The Bertz CT molecular complexity index is 954. The molecule has 2 saturated heterocycles. The lowest BCUT2D eigenvalue weighted by Gasteiger charge is -2.30. The molecule has 4 rings (SSSR count). The summed E-state index contributed by atoms with van der Waals surface area (Å²) < 4.78 is 30.9. The molecule has 0 saturated carbocycles. The highest BCUT2D eigenvalue weighted by Crippen LogP contribution is 2.34. The van der Waals surface area contributed by atoms with Gasteiger partial charge in [-0.05, 0) is 42.9 Å². The lowest BCUT2D eigenvalue weighted by atomic mass is 10.1. The van der Waals surface area contributed by atoms with E-state index in [9.17, 15) is 9.18 Å². The molecule has 166 valence electrons. The number of nitrogens with two attached hydrogens (primary N) is 1. The summed E-state index contributed by atoms with van der Waals surface area (Å²) in [5.74, 6) is 0.866. The highest BCUT2D eigenvalue weighted by atomic mass is 19.1. The van der Waals surface area contributed by atoms with Gasteiger partial charge in [-0.25, -0.2) is 4.39 Å². The number of hydrogen-bond donors (Lipinski definition) is 1. The molecule has 7 nitrogen and oxygen atoms in total. The summed E-state index contributed by atoms with van der Waals surface area (Å²) in [7, 11) is 3.60. The van der Waals surface area contributed by atoms with E-state index in [-0.39, 0.29) is 24.4 Å². The Balaban J connectivity index is 1.59. The third-order valence-electron chi connectivity index (χ3n) is 5.84. The van der Waals surface area contributed by atoms with E-state index in [1.807, 2.05) is 4.90 Å². The summed E-state index contributed by atoms with van der Waals surface area (Å²) in [5, 5.41) is 0. The molecule has 2 bridgehead atoms. The first-order valence-electron chi connectivity index (χ1n) is 10.4. The Labute approximate surface area is 181 Å². The number of halogens is 1. The van der Waals surface area contributed by atoms with Gasteiger partial charge in [-0.2, -0.15) is 0 Å². The highest BCUT2D eigenvalue weighted by Gasteiger charge is 2.33. The van der Waals surface area contributed by atoms with Gasteiger partial charge >= 0.3 is 0 Å². The molecule has 2 aliphatic rings. The van der Waals surface area contributed by atoms with Gasteiger partial charge in [0, 0.05) is 43.7 Å². The minimum Gasteiger partial charge on any atom is -0.493 e. The second kappa shape index (κ2) is 9.21. The van der Waals surface area contributed by atoms with Crippen LogP contribution in [0.5, 0.6) is 17.2 Å². The maximum atomic E-state index is 13.9. The maximum Gasteiger partial charge on any atom is 0.254 e. The minimum absolute atomic E-state index is 0.0680. The van der Waals surface area contributed by atoms with Crippen LogP contribution in [-0.2, 0) is 11.3 Å². The molecule has 2 N–H and O–H groups in total. The van der Waals surface area contributed by atoms with Gasteiger partial charge in [0.15, 0.2) is 11.5 Å². The van der Waals surface area contributed by atoms with Crippen molar-refractivity contribution < 1.29 is 23.4 Å². The SMILES string of the molecule is COc1ccc(C(=O)N2C[C@@H]3COC[C@H](C2)N(C)C3)cc1Oc1cc(F)cc(CN)c1. The molecule has 8 heteroatoms. The van der Waals surface area contributed by atoms with Crippen LogP contribution in [0, 0.1) is 11.7 Å². The summed E-state index contributed by atoms with van der Waals surface area (Å²) in [6.45, 7) is 3.64. The Morgan fingerprint density at radius 1 is 1.16 bits per heavy atom. The molecule has 1 amide bonds. The zero-order chi connectivity index (χ0) is 22.0. The second-order valence-electron chi connectivity index (χ2n) is 8.17. The molecule has 0 radical (unpaired) electrons. The fourth-order valence-corrected chi connectivity index (χ4v) is 4.21. The van der Waals surface area contributed by atoms with Gasteiger partial charge < -0.3 is 24.8 Å². The van der Waals surface area contributed by atoms with Crippen molar-refractivity contribution in [2.75, 3.05) is 47.0 Å². The third kappa shape index (κ3) is 4.81. The maximum absolute atomic E-state index is 13.9. The van der Waals surface area contributed by atoms with Gasteiger partial charge in [0.05, 0.1) is 26.4 Å². The van der Waals surface area contributed by atoms with Crippen LogP contribution >= 0.6 is 0 Å². The topological polar surface area (TPSA) is 77.3 Å². The van der Waals surface area contributed by atoms with Crippen molar-refractivity contribution in [1.82, 2.24) is 9.80 Å². The van der Waals surface area contributed by atoms with Crippen LogP contribution in [0.1, 0.15) is 15.9 Å². The molecule has 0 aliphatic carbocycles. The predicted molar refractivity (Wildman–Crippen MR) is 114 cm³/mol. The van der Waals surface area contributed by atoms with Gasteiger partial charge in [0.25, 0.3) is 5.91 Å². The van der Waals surface area contributed by atoms with Crippen molar-refractivity contribution in [2.24, 2.45) is 11.7 Å². The Kier molecular flexibility index (Phi) is 6.41. The predicted octanol–water partition coefficient (Wildman–Crippen LogP) is 2.49. The number of benzene rings is 2. The van der Waals surface area contributed by atoms with E-state index >= 15 is 0 Å². The Morgan fingerprint density at radius 2 is 2.00 bits per heavy atom. The largest absolute Gasteiger partial charge is 0.493 e. The zero-order valence-corrected chi connectivity index (χ0v) is 17.8. The van der Waals surface area contributed by atoms with Gasteiger partial charge in [0.2, 0.25) is 0 Å². The molecule has 31 heavy (non-hydrogen) atoms. The van der Waals surface area contributed by atoms with Gasteiger partial charge in [0.1, 0.15) is 11.6 Å². The van der Waals surface area contributed by atoms with Crippen LogP contribution < -0.4 is 15.2 Å². The first kappa shape index (κ1) is 21.5. The third-order valence-corrected chi connectivity index (χ3v) is 5.84. The fourth-order valence-electron chi connectivity index (χ4n) is 4.21. The van der Waals surface area contributed by atoms with Crippen molar-refractivity contribution in [2.45, 2.75) is 12.6 Å². The number of likely N-dealkylation sites (N-methyl/N-ethyl adjacent to an activating group) is 1. The average Bonchev–Trinajstić information content (AvgIpc) is 3.01. The first-order valence-corrected chi connectivity index (χ1v) is 10.4. The van der Waals surface area contributed by atoms with E-state index in [0.717, 1.165) is 6.54 Å². The number of ether oxygens (including phenoxy) is 3. The Hall–Kier alpha value is -2.68. The number of carbonyl (C=O) groups excluding carboxylic acids is 1. The van der Waals surface area contributed by atoms with Crippen LogP contribution in [0.25, 0.3) is 0 Å². The number of fused-ring (bicyclic) bond motifs is 3. The number of nitrogens with zero attached hydrogens (tertiary/aromatic N) is 2. The first-order chi connectivity index (χ1) is 15.0. The van der Waals surface area contributed by atoms with Crippen molar-refractivity contribution in [3.8, 4) is 17.2 Å². The van der Waals surface area contributed by atoms with E-state index in [4.69, 9.17) is 19.9 Å². The van der Waals surface area contributed by atoms with E-state index in [1.165, 1.54) is 19.2 Å². The molecule has 2 atom stereocenters. The van der Waals surface area contributed by atoms with Crippen molar-refractivity contribution in [3.05, 3.63) is 53.3 Å². The average molecular weight is 429 g/mol. The van der Waals surface area contributed by atoms with Crippen LogP contribution in [0.2, 0.25) is 0 Å². The lowest BCUT2D eigenvalue weighted by molar-refractivity contribution is 0.0433. The van der Waals surface area contributed by atoms with E-state index < -0.39 is 5.82 Å². The molecular formula is C23H28FN3O4. The van der Waals surface area contributed by atoms with Gasteiger partial charge in [-0.1, -0.05) is 0 Å². The Morgan fingerprint density at radius 3 is 2.77 bits per heavy atom. The smallest absolute Gasteiger partial charge is 0.254 e. The van der Waals surface area contributed by atoms with Crippen LogP contribution in [0.3, 0.4) is 0 Å².